The topological polar surface area (TPSA) is 73.3 Å². The zero-order valence-electron chi connectivity index (χ0n) is 9.75. The molecule has 0 unspecified atom stereocenters. The van der Waals surface area contributed by atoms with Gasteiger partial charge in [0.25, 0.3) is 5.91 Å². The van der Waals surface area contributed by atoms with Gasteiger partial charge in [0.2, 0.25) is 0 Å². The minimum atomic E-state index is -0.598. The molecule has 1 amide bonds. The van der Waals surface area contributed by atoms with Crippen LogP contribution in [0.4, 0.5) is 4.39 Å². The Hall–Kier alpha value is -2.76. The van der Waals surface area contributed by atoms with E-state index in [9.17, 15) is 9.18 Å². The molecule has 19 heavy (non-hydrogen) atoms. The molecule has 6 heteroatoms. The first-order chi connectivity index (χ1) is 9.16. The smallest absolute Gasteiger partial charge is 0.254 e. The summed E-state index contributed by atoms with van der Waals surface area (Å²) in [4.78, 5) is 15.3. The van der Waals surface area contributed by atoms with Gasteiger partial charge in [-0.25, -0.2) is 13.9 Å². The number of carbonyl (C=O) groups is 1. The van der Waals surface area contributed by atoms with Crippen LogP contribution in [0.3, 0.4) is 0 Å². The molecule has 94 valence electrons. The Bertz CT molecular complexity index is 781. The minimum absolute atomic E-state index is 0.234. The molecule has 0 aliphatic carbocycles. The van der Waals surface area contributed by atoms with Crippen LogP contribution in [0.5, 0.6) is 0 Å². The van der Waals surface area contributed by atoms with Crippen molar-refractivity contribution in [1.82, 2.24) is 14.6 Å². The van der Waals surface area contributed by atoms with E-state index in [4.69, 9.17) is 5.73 Å². The highest BCUT2D eigenvalue weighted by atomic mass is 19.1. The first kappa shape index (κ1) is 11.3. The minimum Gasteiger partial charge on any atom is -0.365 e. The molecule has 0 saturated carbocycles. The van der Waals surface area contributed by atoms with Crippen LogP contribution in [0.25, 0.3) is 16.9 Å². The number of primary amides is 1. The Balaban J connectivity index is 2.28. The average Bonchev–Trinajstić information content (AvgIpc) is 2.82. The normalized spacial score (nSPS) is 10.8. The molecule has 3 aromatic rings. The zero-order valence-corrected chi connectivity index (χ0v) is 9.75. The summed E-state index contributed by atoms with van der Waals surface area (Å²) in [5.41, 5.74) is 7.12. The Morgan fingerprint density at radius 1 is 1.32 bits per heavy atom. The van der Waals surface area contributed by atoms with Crippen molar-refractivity contribution in [2.24, 2.45) is 5.73 Å². The molecule has 0 atom stereocenters. The third-order valence-electron chi connectivity index (χ3n) is 2.79. The number of nitrogens with zero attached hydrogens (tertiary/aromatic N) is 3. The highest BCUT2D eigenvalue weighted by Gasteiger charge is 2.13. The second-order valence-corrected chi connectivity index (χ2v) is 4.00. The number of fused-ring (bicyclic) bond motifs is 1. The molecule has 2 heterocycles. The van der Waals surface area contributed by atoms with Crippen molar-refractivity contribution in [2.75, 3.05) is 0 Å². The lowest BCUT2D eigenvalue weighted by molar-refractivity contribution is 0.100. The lowest BCUT2D eigenvalue weighted by atomic mass is 10.1. The molecule has 0 aliphatic heterocycles. The summed E-state index contributed by atoms with van der Waals surface area (Å²) in [7, 11) is 0. The molecule has 0 spiro atoms. The van der Waals surface area contributed by atoms with E-state index in [1.807, 2.05) is 0 Å². The average molecular weight is 256 g/mol. The maximum absolute atomic E-state index is 13.3. The fourth-order valence-electron chi connectivity index (χ4n) is 1.93. The molecule has 1 aromatic carbocycles. The lowest BCUT2D eigenvalue weighted by Gasteiger charge is -2.04. The molecule has 0 fully saturated rings. The number of benzene rings is 1. The zero-order chi connectivity index (χ0) is 13.4. The Morgan fingerprint density at radius 3 is 2.89 bits per heavy atom. The Morgan fingerprint density at radius 2 is 2.16 bits per heavy atom. The van der Waals surface area contributed by atoms with Crippen molar-refractivity contribution in [2.45, 2.75) is 0 Å². The first-order valence-corrected chi connectivity index (χ1v) is 5.55. The number of amides is 1. The first-order valence-electron chi connectivity index (χ1n) is 5.55. The van der Waals surface area contributed by atoms with Crippen LogP contribution in [-0.2, 0) is 0 Å². The molecule has 0 radical (unpaired) electrons. The van der Waals surface area contributed by atoms with Crippen molar-refractivity contribution < 1.29 is 9.18 Å². The number of carbonyl (C=O) groups excluding carboxylic acids is 1. The maximum Gasteiger partial charge on any atom is 0.254 e. The number of aromatic nitrogens is 3. The molecule has 5 nitrogen and oxygen atoms in total. The van der Waals surface area contributed by atoms with Crippen molar-refractivity contribution in [1.29, 1.82) is 0 Å². The van der Waals surface area contributed by atoms with Gasteiger partial charge in [0.15, 0.2) is 5.65 Å². The molecule has 0 aliphatic rings. The van der Waals surface area contributed by atoms with Crippen molar-refractivity contribution >= 4 is 11.6 Å². The molecule has 2 aromatic heterocycles. The molecule has 2 N–H and O–H groups in total. The fourth-order valence-corrected chi connectivity index (χ4v) is 1.93. The second-order valence-electron chi connectivity index (χ2n) is 4.00. The summed E-state index contributed by atoms with van der Waals surface area (Å²) < 4.78 is 14.7. The molecule has 0 saturated heterocycles. The lowest BCUT2D eigenvalue weighted by Crippen LogP contribution is -2.11. The predicted octanol–water partition coefficient (Wildman–Crippen LogP) is 1.63. The number of hydrogen-bond acceptors (Lipinski definition) is 3. The van der Waals surface area contributed by atoms with E-state index >= 15 is 0 Å². The van der Waals surface area contributed by atoms with E-state index in [1.165, 1.54) is 29.0 Å². The summed E-state index contributed by atoms with van der Waals surface area (Å²) >= 11 is 0. The number of nitrogens with two attached hydrogens (primary N) is 1. The van der Waals surface area contributed by atoms with Crippen LogP contribution in [0.2, 0.25) is 0 Å². The summed E-state index contributed by atoms with van der Waals surface area (Å²) in [5, 5.41) is 4.08. The van der Waals surface area contributed by atoms with Crippen LogP contribution in [0, 0.1) is 5.82 Å². The van der Waals surface area contributed by atoms with E-state index in [2.05, 4.69) is 10.1 Å². The number of halogens is 1. The largest absolute Gasteiger partial charge is 0.365 e. The van der Waals surface area contributed by atoms with Gasteiger partial charge in [-0.3, -0.25) is 4.79 Å². The van der Waals surface area contributed by atoms with Gasteiger partial charge in [0.1, 0.15) is 11.4 Å². The third kappa shape index (κ3) is 1.83. The molecule has 3 rings (SSSR count). The highest BCUT2D eigenvalue weighted by molar-refractivity contribution is 5.98. The van der Waals surface area contributed by atoms with Crippen molar-refractivity contribution in [3.05, 3.63) is 54.1 Å². The van der Waals surface area contributed by atoms with Crippen LogP contribution in [0.15, 0.2) is 42.7 Å². The second kappa shape index (κ2) is 4.16. The van der Waals surface area contributed by atoms with Gasteiger partial charge in [-0.15, -0.1) is 0 Å². The summed E-state index contributed by atoms with van der Waals surface area (Å²) in [6, 6.07) is 7.80. The Labute approximate surface area is 107 Å². The summed E-state index contributed by atoms with van der Waals surface area (Å²) in [6.07, 6.45) is 2.89. The van der Waals surface area contributed by atoms with Gasteiger partial charge in [-0.05, 0) is 18.2 Å². The number of hydrogen-bond donors (Lipinski definition) is 1. The van der Waals surface area contributed by atoms with Crippen LogP contribution in [0.1, 0.15) is 10.4 Å². The van der Waals surface area contributed by atoms with Crippen LogP contribution < -0.4 is 5.73 Å². The van der Waals surface area contributed by atoms with Crippen LogP contribution >= 0.6 is 0 Å². The van der Waals surface area contributed by atoms with Gasteiger partial charge in [0.05, 0.1) is 11.9 Å². The van der Waals surface area contributed by atoms with Gasteiger partial charge < -0.3 is 5.73 Å². The highest BCUT2D eigenvalue weighted by Crippen LogP contribution is 2.21. The Kier molecular flexibility index (Phi) is 2.49. The van der Waals surface area contributed by atoms with Crippen molar-refractivity contribution in [3.63, 3.8) is 0 Å². The van der Waals surface area contributed by atoms with E-state index < -0.39 is 5.91 Å². The third-order valence-corrected chi connectivity index (χ3v) is 2.79. The van der Waals surface area contributed by atoms with Gasteiger partial charge in [0, 0.05) is 11.8 Å². The van der Waals surface area contributed by atoms with E-state index in [-0.39, 0.29) is 11.4 Å². The SMILES string of the molecule is NC(=O)c1cnn2c(-c3cccc(F)c3)ccnc12. The monoisotopic (exact) mass is 256 g/mol. The summed E-state index contributed by atoms with van der Waals surface area (Å²) in [5.74, 6) is -0.941. The van der Waals surface area contributed by atoms with Gasteiger partial charge >= 0.3 is 0 Å². The van der Waals surface area contributed by atoms with E-state index in [0.717, 1.165) is 0 Å². The predicted molar refractivity (Wildman–Crippen MR) is 66.9 cm³/mol. The fraction of sp³-hybridized carbons (Fsp3) is 0. The molecular formula is C13H9FN4O. The maximum atomic E-state index is 13.3. The molecular weight excluding hydrogens is 247 g/mol. The van der Waals surface area contributed by atoms with Gasteiger partial charge in [-0.2, -0.15) is 5.10 Å². The quantitative estimate of drug-likeness (QED) is 0.757. The van der Waals surface area contributed by atoms with E-state index in [0.29, 0.717) is 16.9 Å². The number of rotatable bonds is 2. The van der Waals surface area contributed by atoms with Crippen molar-refractivity contribution in [3.8, 4) is 11.3 Å². The molecule has 0 bridgehead atoms. The van der Waals surface area contributed by atoms with Crippen LogP contribution in [-0.4, -0.2) is 20.5 Å². The standard InChI is InChI=1S/C13H9FN4O/c14-9-3-1-2-8(6-9)11-4-5-16-13-10(12(15)19)7-17-18(11)13/h1-7H,(H2,15,19). The van der Waals surface area contributed by atoms with Gasteiger partial charge in [-0.1, -0.05) is 12.1 Å². The van der Waals surface area contributed by atoms with E-state index in [1.54, 1.807) is 18.2 Å². The summed E-state index contributed by atoms with van der Waals surface area (Å²) in [6.45, 7) is 0.